The maximum absolute atomic E-state index is 12.1. The van der Waals surface area contributed by atoms with Crippen LogP contribution in [0.4, 0.5) is 5.69 Å². The Morgan fingerprint density at radius 2 is 1.96 bits per heavy atom. The van der Waals surface area contributed by atoms with Crippen molar-refractivity contribution in [2.24, 2.45) is 0 Å². The Balaban J connectivity index is 2.12. The molecule has 2 aromatic rings. The molecule has 5 nitrogen and oxygen atoms in total. The van der Waals surface area contributed by atoms with Crippen molar-refractivity contribution >= 4 is 29.1 Å². The summed E-state index contributed by atoms with van der Waals surface area (Å²) in [5.74, 6) is 0.376. The molecule has 122 valence electrons. The van der Waals surface area contributed by atoms with Crippen LogP contribution in [0.3, 0.4) is 0 Å². The van der Waals surface area contributed by atoms with E-state index in [0.29, 0.717) is 0 Å². The van der Waals surface area contributed by atoms with E-state index in [1.54, 1.807) is 25.3 Å². The van der Waals surface area contributed by atoms with Gasteiger partial charge in [-0.25, -0.2) is 0 Å². The van der Waals surface area contributed by atoms with Crippen molar-refractivity contribution in [1.82, 2.24) is 0 Å². The van der Waals surface area contributed by atoms with E-state index in [1.807, 2.05) is 24.3 Å². The standard InChI is InChI=1S/C18H14ClNO4/c1-24-18-9-5-3-7-13(18)6-2-4-8-17(21)14-10-11-15(19)16(12-14)20(22)23/h2-12H,1H3. The minimum Gasteiger partial charge on any atom is -0.496 e. The van der Waals surface area contributed by atoms with Crippen molar-refractivity contribution in [2.45, 2.75) is 0 Å². The number of carbonyl (C=O) groups excluding carboxylic acids is 1. The van der Waals surface area contributed by atoms with Crippen LogP contribution in [0.2, 0.25) is 5.02 Å². The van der Waals surface area contributed by atoms with Crippen LogP contribution in [-0.4, -0.2) is 17.8 Å². The zero-order valence-corrected chi connectivity index (χ0v) is 13.6. The van der Waals surface area contributed by atoms with E-state index in [0.717, 1.165) is 11.3 Å². The molecule has 0 saturated heterocycles. The Bertz CT molecular complexity index is 828. The molecular formula is C18H14ClNO4. The number of carbonyl (C=O) groups is 1. The van der Waals surface area contributed by atoms with Crippen LogP contribution in [-0.2, 0) is 0 Å². The lowest BCUT2D eigenvalue weighted by atomic mass is 10.1. The second-order valence-corrected chi connectivity index (χ2v) is 5.15. The summed E-state index contributed by atoms with van der Waals surface area (Å²) < 4.78 is 5.22. The second kappa shape index (κ2) is 8.08. The molecule has 0 aliphatic rings. The zero-order valence-electron chi connectivity index (χ0n) is 12.8. The third-order valence-corrected chi connectivity index (χ3v) is 3.52. The molecule has 0 amide bonds. The molecule has 0 unspecified atom stereocenters. The number of allylic oxidation sites excluding steroid dienone is 3. The molecule has 24 heavy (non-hydrogen) atoms. The van der Waals surface area contributed by atoms with E-state index in [1.165, 1.54) is 24.3 Å². The van der Waals surface area contributed by atoms with Gasteiger partial charge in [-0.3, -0.25) is 14.9 Å². The first kappa shape index (κ1) is 17.4. The number of para-hydroxylation sites is 1. The van der Waals surface area contributed by atoms with Crippen LogP contribution in [0.5, 0.6) is 5.75 Å². The Labute approximate surface area is 144 Å². The predicted molar refractivity (Wildman–Crippen MR) is 93.6 cm³/mol. The van der Waals surface area contributed by atoms with Crippen molar-refractivity contribution in [3.8, 4) is 5.75 Å². The van der Waals surface area contributed by atoms with Gasteiger partial charge in [0.1, 0.15) is 10.8 Å². The van der Waals surface area contributed by atoms with Gasteiger partial charge in [-0.05, 0) is 24.3 Å². The van der Waals surface area contributed by atoms with Crippen LogP contribution >= 0.6 is 11.6 Å². The van der Waals surface area contributed by atoms with Crippen molar-refractivity contribution in [3.63, 3.8) is 0 Å². The normalized spacial score (nSPS) is 11.1. The third-order valence-electron chi connectivity index (χ3n) is 3.20. The van der Waals surface area contributed by atoms with Gasteiger partial charge in [0.25, 0.3) is 5.69 Å². The Kier molecular flexibility index (Phi) is 5.87. The SMILES string of the molecule is COc1ccccc1C=CC=CC(=O)c1ccc(Cl)c([N+](=O)[O-])c1. The van der Waals surface area contributed by atoms with Gasteiger partial charge in [-0.15, -0.1) is 0 Å². The summed E-state index contributed by atoms with van der Waals surface area (Å²) in [6, 6.07) is 11.4. The molecule has 2 aromatic carbocycles. The molecule has 0 saturated carbocycles. The Morgan fingerprint density at radius 3 is 2.67 bits per heavy atom. The van der Waals surface area contributed by atoms with E-state index in [4.69, 9.17) is 16.3 Å². The van der Waals surface area contributed by atoms with Gasteiger partial charge in [-0.2, -0.15) is 0 Å². The molecule has 0 atom stereocenters. The fraction of sp³-hybridized carbons (Fsp3) is 0.0556. The van der Waals surface area contributed by atoms with Crippen LogP contribution in [0.15, 0.2) is 60.7 Å². The maximum atomic E-state index is 12.1. The number of ketones is 1. The number of ether oxygens (including phenoxy) is 1. The van der Waals surface area contributed by atoms with Gasteiger partial charge >= 0.3 is 0 Å². The van der Waals surface area contributed by atoms with Crippen LogP contribution in [0.1, 0.15) is 15.9 Å². The molecule has 0 heterocycles. The minimum absolute atomic E-state index is 0.00315. The number of hydrogen-bond acceptors (Lipinski definition) is 4. The lowest BCUT2D eigenvalue weighted by Crippen LogP contribution is -1.97. The summed E-state index contributed by atoms with van der Waals surface area (Å²) >= 11 is 5.73. The van der Waals surface area contributed by atoms with E-state index in [2.05, 4.69) is 0 Å². The topological polar surface area (TPSA) is 69.4 Å². The molecule has 0 fully saturated rings. The van der Waals surface area contributed by atoms with E-state index >= 15 is 0 Å². The molecule has 0 aromatic heterocycles. The second-order valence-electron chi connectivity index (χ2n) is 4.75. The molecule has 0 bridgehead atoms. The van der Waals surface area contributed by atoms with E-state index in [9.17, 15) is 14.9 Å². The highest BCUT2D eigenvalue weighted by Gasteiger charge is 2.14. The minimum atomic E-state index is -0.621. The van der Waals surface area contributed by atoms with Crippen LogP contribution in [0, 0.1) is 10.1 Å². The molecule has 0 spiro atoms. The number of nitro benzene ring substituents is 1. The first-order valence-corrected chi connectivity index (χ1v) is 7.36. The van der Waals surface area contributed by atoms with Crippen molar-refractivity contribution in [1.29, 1.82) is 0 Å². The third kappa shape index (κ3) is 4.30. The first-order chi connectivity index (χ1) is 11.5. The fourth-order valence-corrected chi connectivity index (χ4v) is 2.19. The zero-order chi connectivity index (χ0) is 17.5. The Morgan fingerprint density at radius 1 is 1.21 bits per heavy atom. The quantitative estimate of drug-likeness (QED) is 0.250. The average Bonchev–Trinajstić information content (AvgIpc) is 2.59. The summed E-state index contributed by atoms with van der Waals surface area (Å²) in [7, 11) is 1.58. The smallest absolute Gasteiger partial charge is 0.288 e. The number of halogens is 1. The molecule has 0 aliphatic heterocycles. The van der Waals surface area contributed by atoms with Gasteiger partial charge < -0.3 is 4.74 Å². The fourth-order valence-electron chi connectivity index (χ4n) is 2.01. The summed E-state index contributed by atoms with van der Waals surface area (Å²) in [6.45, 7) is 0. The van der Waals surface area contributed by atoms with Gasteiger partial charge in [0, 0.05) is 17.2 Å². The molecule has 0 N–H and O–H groups in total. The monoisotopic (exact) mass is 343 g/mol. The molecule has 6 heteroatoms. The van der Waals surface area contributed by atoms with E-state index in [-0.39, 0.29) is 22.1 Å². The van der Waals surface area contributed by atoms with Gasteiger partial charge in [-0.1, -0.05) is 48.0 Å². The highest BCUT2D eigenvalue weighted by Crippen LogP contribution is 2.25. The van der Waals surface area contributed by atoms with E-state index < -0.39 is 4.92 Å². The van der Waals surface area contributed by atoms with Gasteiger partial charge in [0.2, 0.25) is 0 Å². The highest BCUT2D eigenvalue weighted by atomic mass is 35.5. The first-order valence-electron chi connectivity index (χ1n) is 6.99. The highest BCUT2D eigenvalue weighted by molar-refractivity contribution is 6.32. The number of nitro groups is 1. The average molecular weight is 344 g/mol. The summed E-state index contributed by atoms with van der Waals surface area (Å²) in [4.78, 5) is 22.3. The number of rotatable bonds is 6. The number of hydrogen-bond donors (Lipinski definition) is 0. The lowest BCUT2D eigenvalue weighted by Gasteiger charge is -2.02. The molecule has 2 rings (SSSR count). The van der Waals surface area contributed by atoms with Crippen LogP contribution < -0.4 is 4.74 Å². The van der Waals surface area contributed by atoms with Crippen LogP contribution in [0.25, 0.3) is 6.08 Å². The summed E-state index contributed by atoms with van der Waals surface area (Å²) in [5.41, 5.74) is 0.785. The summed E-state index contributed by atoms with van der Waals surface area (Å²) in [5, 5.41) is 10.8. The van der Waals surface area contributed by atoms with Crippen molar-refractivity contribution < 1.29 is 14.5 Å². The maximum Gasteiger partial charge on any atom is 0.288 e. The van der Waals surface area contributed by atoms with Gasteiger partial charge in [0.05, 0.1) is 12.0 Å². The van der Waals surface area contributed by atoms with Gasteiger partial charge in [0.15, 0.2) is 5.78 Å². The van der Waals surface area contributed by atoms with Crippen molar-refractivity contribution in [2.75, 3.05) is 7.11 Å². The summed E-state index contributed by atoms with van der Waals surface area (Å²) in [6.07, 6.45) is 6.39. The molecule has 0 aliphatic carbocycles. The number of nitrogens with zero attached hydrogens (tertiary/aromatic N) is 1. The predicted octanol–water partition coefficient (Wildman–Crippen LogP) is 4.71. The molecular weight excluding hydrogens is 330 g/mol. The number of benzene rings is 2. The lowest BCUT2D eigenvalue weighted by molar-refractivity contribution is -0.384. The Hall–Kier alpha value is -2.92. The largest absolute Gasteiger partial charge is 0.496 e. The molecule has 0 radical (unpaired) electrons. The number of methoxy groups -OCH3 is 1. The van der Waals surface area contributed by atoms with Crippen molar-refractivity contribution in [3.05, 3.63) is 87.0 Å².